The maximum Gasteiger partial charge on any atom is 0.417 e. The van der Waals surface area contributed by atoms with Crippen LogP contribution < -0.4 is 10.1 Å². The number of alkyl halides is 3. The van der Waals surface area contributed by atoms with E-state index in [4.69, 9.17) is 4.74 Å². The number of anilines is 2. The lowest BCUT2D eigenvalue weighted by Crippen LogP contribution is -2.09. The van der Waals surface area contributed by atoms with Gasteiger partial charge < -0.3 is 10.1 Å². The van der Waals surface area contributed by atoms with Crippen LogP contribution in [0.5, 0.6) is 5.75 Å². The summed E-state index contributed by atoms with van der Waals surface area (Å²) in [5, 5.41) is 10.9. The summed E-state index contributed by atoms with van der Waals surface area (Å²) in [6.45, 7) is 0. The summed E-state index contributed by atoms with van der Waals surface area (Å²) in [6, 6.07) is 14.3. The number of hydrogen-bond donors (Lipinski definition) is 2. The zero-order valence-corrected chi connectivity index (χ0v) is 17.0. The zero-order valence-electron chi connectivity index (χ0n) is 17.0. The van der Waals surface area contributed by atoms with Crippen LogP contribution in [0.4, 0.5) is 29.2 Å². The van der Waals surface area contributed by atoms with Crippen LogP contribution in [-0.2, 0) is 6.18 Å². The Hall–Kier alpha value is -4.21. The number of ether oxygens (including phenoxy) is 1. The van der Waals surface area contributed by atoms with E-state index in [2.05, 4.69) is 25.5 Å². The molecule has 10 heteroatoms. The lowest BCUT2D eigenvalue weighted by molar-refractivity contribution is -0.137. The van der Waals surface area contributed by atoms with Crippen molar-refractivity contribution in [3.05, 3.63) is 72.0 Å². The molecule has 0 aliphatic rings. The first-order valence-corrected chi connectivity index (χ1v) is 9.77. The summed E-state index contributed by atoms with van der Waals surface area (Å²) < 4.78 is 60.2. The molecule has 33 heavy (non-hydrogen) atoms. The molecule has 0 fully saturated rings. The van der Waals surface area contributed by atoms with Crippen molar-refractivity contribution in [2.75, 3.05) is 12.4 Å². The smallest absolute Gasteiger partial charge is 0.417 e. The quantitative estimate of drug-likeness (QED) is 0.323. The van der Waals surface area contributed by atoms with Gasteiger partial charge in [0, 0.05) is 16.3 Å². The molecule has 0 atom stereocenters. The van der Waals surface area contributed by atoms with Crippen LogP contribution in [-0.4, -0.2) is 27.3 Å². The van der Waals surface area contributed by atoms with E-state index < -0.39 is 17.6 Å². The molecule has 0 saturated carbocycles. The first kappa shape index (κ1) is 20.7. The third-order valence-electron chi connectivity index (χ3n) is 5.14. The number of nitrogens with one attached hydrogen (secondary N) is 2. The fourth-order valence-corrected chi connectivity index (χ4v) is 3.63. The summed E-state index contributed by atoms with van der Waals surface area (Å²) in [5.41, 5.74) is -0.149. The van der Waals surface area contributed by atoms with Gasteiger partial charge in [0.2, 0.25) is 0 Å². The molecule has 6 nitrogen and oxygen atoms in total. The van der Waals surface area contributed by atoms with Crippen molar-refractivity contribution in [1.82, 2.24) is 20.2 Å². The highest BCUT2D eigenvalue weighted by molar-refractivity contribution is 5.98. The molecule has 0 amide bonds. The molecule has 5 rings (SSSR count). The number of nitrogens with zero attached hydrogens (tertiary/aromatic N) is 3. The monoisotopic (exact) mass is 453 g/mol. The van der Waals surface area contributed by atoms with Crippen LogP contribution in [0, 0.1) is 5.82 Å². The summed E-state index contributed by atoms with van der Waals surface area (Å²) in [5.74, 6) is 0.224. The van der Waals surface area contributed by atoms with Gasteiger partial charge in [0.05, 0.1) is 18.2 Å². The van der Waals surface area contributed by atoms with Crippen LogP contribution >= 0.6 is 0 Å². The predicted octanol–water partition coefficient (Wildman–Crippen LogP) is 6.08. The molecule has 2 heterocycles. The Morgan fingerprint density at radius 1 is 0.909 bits per heavy atom. The highest BCUT2D eigenvalue weighted by Crippen LogP contribution is 2.38. The normalized spacial score (nSPS) is 11.8. The van der Waals surface area contributed by atoms with Gasteiger partial charge in [-0.15, -0.1) is 0 Å². The molecular formula is C23H15F4N5O. The highest BCUT2D eigenvalue weighted by atomic mass is 19.4. The van der Waals surface area contributed by atoms with E-state index in [9.17, 15) is 17.6 Å². The Kier molecular flexibility index (Phi) is 4.85. The number of hydrogen-bond acceptors (Lipinski definition) is 5. The van der Waals surface area contributed by atoms with Crippen molar-refractivity contribution >= 4 is 33.4 Å². The van der Waals surface area contributed by atoms with E-state index >= 15 is 0 Å². The molecule has 0 radical (unpaired) electrons. The maximum absolute atomic E-state index is 13.8. The van der Waals surface area contributed by atoms with Gasteiger partial charge in [0.25, 0.3) is 0 Å². The van der Waals surface area contributed by atoms with Crippen molar-refractivity contribution in [2.24, 2.45) is 0 Å². The van der Waals surface area contributed by atoms with Crippen molar-refractivity contribution in [2.45, 2.75) is 6.18 Å². The SMILES string of the molecule is COc1cccc2c(Nc3n[nH]c4ccc(F)cc34)nc(-c3ccccc3C(F)(F)F)nc12. The van der Waals surface area contributed by atoms with Gasteiger partial charge in [-0.1, -0.05) is 24.3 Å². The van der Waals surface area contributed by atoms with Gasteiger partial charge in [0.15, 0.2) is 11.6 Å². The van der Waals surface area contributed by atoms with E-state index in [1.807, 2.05) is 0 Å². The number of benzene rings is 3. The first-order chi connectivity index (χ1) is 15.8. The molecule has 0 aliphatic heterocycles. The molecular weight excluding hydrogens is 438 g/mol. The van der Waals surface area contributed by atoms with E-state index in [-0.39, 0.29) is 23.0 Å². The number of methoxy groups -OCH3 is 1. The number of halogens is 4. The second-order valence-electron chi connectivity index (χ2n) is 7.18. The van der Waals surface area contributed by atoms with Gasteiger partial charge >= 0.3 is 6.18 Å². The largest absolute Gasteiger partial charge is 0.494 e. The molecule has 2 aromatic heterocycles. The molecule has 166 valence electrons. The molecule has 0 bridgehead atoms. The van der Waals surface area contributed by atoms with Crippen LogP contribution in [0.1, 0.15) is 5.56 Å². The molecule has 0 saturated heterocycles. The third-order valence-corrected chi connectivity index (χ3v) is 5.14. The van der Waals surface area contributed by atoms with Crippen molar-refractivity contribution in [3.63, 3.8) is 0 Å². The van der Waals surface area contributed by atoms with Crippen molar-refractivity contribution in [3.8, 4) is 17.1 Å². The number of aromatic amines is 1. The van der Waals surface area contributed by atoms with E-state index in [0.717, 1.165) is 6.07 Å². The Morgan fingerprint density at radius 3 is 2.52 bits per heavy atom. The minimum atomic E-state index is -4.60. The maximum atomic E-state index is 13.8. The first-order valence-electron chi connectivity index (χ1n) is 9.77. The Bertz CT molecular complexity index is 1500. The second kappa shape index (κ2) is 7.73. The Balaban J connectivity index is 1.75. The van der Waals surface area contributed by atoms with E-state index in [1.165, 1.54) is 43.5 Å². The highest BCUT2D eigenvalue weighted by Gasteiger charge is 2.34. The number of rotatable bonds is 4. The molecule has 0 unspecified atom stereocenters. The fraction of sp³-hybridized carbons (Fsp3) is 0.0870. The molecule has 0 aliphatic carbocycles. The third kappa shape index (κ3) is 3.69. The number of fused-ring (bicyclic) bond motifs is 2. The van der Waals surface area contributed by atoms with Gasteiger partial charge in [-0.05, 0) is 36.4 Å². The topological polar surface area (TPSA) is 75.7 Å². The van der Waals surface area contributed by atoms with Gasteiger partial charge in [0.1, 0.15) is 22.9 Å². The minimum absolute atomic E-state index is 0.145. The van der Waals surface area contributed by atoms with Gasteiger partial charge in [-0.2, -0.15) is 18.3 Å². The fourth-order valence-electron chi connectivity index (χ4n) is 3.63. The lowest BCUT2D eigenvalue weighted by atomic mass is 10.1. The molecule has 3 aromatic carbocycles. The van der Waals surface area contributed by atoms with Crippen LogP contribution in [0.15, 0.2) is 60.7 Å². The van der Waals surface area contributed by atoms with Crippen molar-refractivity contribution < 1.29 is 22.3 Å². The van der Waals surface area contributed by atoms with E-state index in [1.54, 1.807) is 18.2 Å². The Labute approximate surface area is 184 Å². The van der Waals surface area contributed by atoms with Crippen LogP contribution in [0.25, 0.3) is 33.2 Å². The summed E-state index contributed by atoms with van der Waals surface area (Å²) >= 11 is 0. The number of para-hydroxylation sites is 1. The average molecular weight is 453 g/mol. The summed E-state index contributed by atoms with van der Waals surface area (Å²) in [6.07, 6.45) is -4.60. The standard InChI is InChI=1S/C23H15F4N5O/c1-33-18-8-4-6-14-19(18)28-20(13-5-2-3-7-16(13)23(25,26)27)29-21(14)30-22-15-11-12(24)9-10-17(15)31-32-22/h2-11H,1H3,(H2,28,29,30,31,32). The summed E-state index contributed by atoms with van der Waals surface area (Å²) in [4.78, 5) is 8.79. The number of aromatic nitrogens is 4. The molecule has 2 N–H and O–H groups in total. The van der Waals surface area contributed by atoms with Crippen LogP contribution in [0.2, 0.25) is 0 Å². The van der Waals surface area contributed by atoms with Crippen LogP contribution in [0.3, 0.4) is 0 Å². The Morgan fingerprint density at radius 2 is 1.73 bits per heavy atom. The van der Waals surface area contributed by atoms with Gasteiger partial charge in [-0.3, -0.25) is 5.10 Å². The minimum Gasteiger partial charge on any atom is -0.494 e. The van der Waals surface area contributed by atoms with Crippen molar-refractivity contribution in [1.29, 1.82) is 0 Å². The second-order valence-corrected chi connectivity index (χ2v) is 7.18. The zero-order chi connectivity index (χ0) is 23.2. The molecule has 5 aromatic rings. The lowest BCUT2D eigenvalue weighted by Gasteiger charge is -2.15. The average Bonchev–Trinajstić information content (AvgIpc) is 3.19. The predicted molar refractivity (Wildman–Crippen MR) is 116 cm³/mol. The van der Waals surface area contributed by atoms with Gasteiger partial charge in [-0.25, -0.2) is 14.4 Å². The molecule has 0 spiro atoms. The number of H-pyrrole nitrogens is 1. The van der Waals surface area contributed by atoms with E-state index in [0.29, 0.717) is 27.6 Å². The summed E-state index contributed by atoms with van der Waals surface area (Å²) in [7, 11) is 1.44.